The van der Waals surface area contributed by atoms with Gasteiger partial charge in [-0.15, -0.1) is 0 Å². The van der Waals surface area contributed by atoms with E-state index in [0.29, 0.717) is 0 Å². The van der Waals surface area contributed by atoms with Crippen LogP contribution in [-0.4, -0.2) is 0 Å². The molecule has 0 radical (unpaired) electrons. The predicted octanol–water partition coefficient (Wildman–Crippen LogP) is 17.7. The summed E-state index contributed by atoms with van der Waals surface area (Å²) in [6, 6.07) is 85.9. The van der Waals surface area contributed by atoms with Crippen LogP contribution in [-0.2, 0) is 5.41 Å². The molecule has 10 aromatic carbocycles. The number of para-hydroxylation sites is 3. The summed E-state index contributed by atoms with van der Waals surface area (Å²) in [4.78, 5) is 2.46. The van der Waals surface area contributed by atoms with E-state index in [4.69, 9.17) is 4.42 Å². The summed E-state index contributed by atoms with van der Waals surface area (Å²) >= 11 is 0. The monoisotopic (exact) mass is 831 g/mol. The van der Waals surface area contributed by atoms with Gasteiger partial charge in [0.2, 0.25) is 0 Å². The van der Waals surface area contributed by atoms with Crippen LogP contribution in [0.1, 0.15) is 25.0 Å². The Morgan fingerprint density at radius 1 is 0.338 bits per heavy atom. The van der Waals surface area contributed by atoms with Gasteiger partial charge in [-0.1, -0.05) is 214 Å². The van der Waals surface area contributed by atoms with Crippen molar-refractivity contribution < 1.29 is 4.42 Å². The average molecular weight is 832 g/mol. The van der Waals surface area contributed by atoms with Crippen LogP contribution in [0, 0.1) is 0 Å². The summed E-state index contributed by atoms with van der Waals surface area (Å²) in [6.45, 7) is 4.72. The van der Waals surface area contributed by atoms with Crippen LogP contribution in [0.2, 0.25) is 0 Å². The van der Waals surface area contributed by atoms with E-state index in [2.05, 4.69) is 249 Å². The van der Waals surface area contributed by atoms with E-state index in [-0.39, 0.29) is 5.41 Å². The first-order chi connectivity index (χ1) is 32.0. The molecule has 0 aliphatic heterocycles. The Morgan fingerprint density at radius 3 is 1.65 bits per heavy atom. The van der Waals surface area contributed by atoms with Crippen molar-refractivity contribution in [3.63, 3.8) is 0 Å². The number of furan rings is 1. The SMILES string of the molecule is CC1(C)c2ccccc2-c2ccc(N(c3ccc(-c4cccc5c4oc4ccccc45)cc3)c3ccccc3-c3cccc(-c4ccccc4)c3-c3ccccc3-c3ccccc3)cc21. The van der Waals surface area contributed by atoms with Gasteiger partial charge >= 0.3 is 0 Å². The minimum absolute atomic E-state index is 0.166. The van der Waals surface area contributed by atoms with Crippen molar-refractivity contribution in [3.05, 3.63) is 248 Å². The predicted molar refractivity (Wildman–Crippen MR) is 273 cm³/mol. The smallest absolute Gasteiger partial charge is 0.143 e. The van der Waals surface area contributed by atoms with Crippen molar-refractivity contribution >= 4 is 39.0 Å². The summed E-state index contributed by atoms with van der Waals surface area (Å²) in [5.74, 6) is 0. The molecule has 12 rings (SSSR count). The molecule has 11 aromatic rings. The number of hydrogen-bond donors (Lipinski definition) is 0. The fourth-order valence-corrected chi connectivity index (χ4v) is 10.4. The van der Waals surface area contributed by atoms with Crippen LogP contribution in [0.15, 0.2) is 241 Å². The van der Waals surface area contributed by atoms with Crippen LogP contribution in [0.5, 0.6) is 0 Å². The van der Waals surface area contributed by atoms with Crippen LogP contribution in [0.25, 0.3) is 88.7 Å². The molecule has 1 heterocycles. The summed E-state index contributed by atoms with van der Waals surface area (Å²) in [5.41, 5.74) is 21.8. The normalized spacial score (nSPS) is 12.6. The van der Waals surface area contributed by atoms with Crippen LogP contribution < -0.4 is 4.90 Å². The molecule has 308 valence electrons. The summed E-state index contributed by atoms with van der Waals surface area (Å²) in [7, 11) is 0. The Morgan fingerprint density at radius 2 is 0.862 bits per heavy atom. The first-order valence-corrected chi connectivity index (χ1v) is 22.5. The molecule has 0 bridgehead atoms. The Hall–Kier alpha value is -8.20. The lowest BCUT2D eigenvalue weighted by Gasteiger charge is -2.30. The Balaban J connectivity index is 1.08. The lowest BCUT2D eigenvalue weighted by molar-refractivity contribution is 0.660. The van der Waals surface area contributed by atoms with Crippen molar-refractivity contribution in [2.75, 3.05) is 4.90 Å². The lowest BCUT2D eigenvalue weighted by Crippen LogP contribution is -2.17. The zero-order valence-corrected chi connectivity index (χ0v) is 36.4. The average Bonchev–Trinajstić information content (AvgIpc) is 3.86. The molecule has 1 aromatic heterocycles. The van der Waals surface area contributed by atoms with Gasteiger partial charge < -0.3 is 9.32 Å². The standard InChI is InChI=1S/C63H45NO/c1-63(2)57-32-14-11-24-50(57)51-40-39-46(41-58(51)63)64(45-37-35-44(36-38-45)49-29-18-31-56-53-26-13-16-34-60(53)65-62(49)56)59-33-15-12-25-52(59)55-30-17-28-48(43-21-7-4-8-22-43)61(55)54-27-10-9-23-47(54)42-19-5-3-6-20-42/h3-41H,1-2H3. The van der Waals surface area contributed by atoms with Gasteiger partial charge in [0.25, 0.3) is 0 Å². The van der Waals surface area contributed by atoms with Crippen molar-refractivity contribution in [1.29, 1.82) is 0 Å². The van der Waals surface area contributed by atoms with Crippen molar-refractivity contribution in [2.24, 2.45) is 0 Å². The highest BCUT2D eigenvalue weighted by molar-refractivity contribution is 6.10. The van der Waals surface area contributed by atoms with Gasteiger partial charge in [0, 0.05) is 38.7 Å². The van der Waals surface area contributed by atoms with E-state index >= 15 is 0 Å². The molecule has 0 unspecified atom stereocenters. The fourth-order valence-electron chi connectivity index (χ4n) is 10.4. The molecule has 65 heavy (non-hydrogen) atoms. The highest BCUT2D eigenvalue weighted by Gasteiger charge is 2.36. The summed E-state index contributed by atoms with van der Waals surface area (Å²) in [6.07, 6.45) is 0. The van der Waals surface area contributed by atoms with Gasteiger partial charge in [-0.05, 0) is 103 Å². The molecule has 1 aliphatic carbocycles. The minimum Gasteiger partial charge on any atom is -0.455 e. The molecule has 0 atom stereocenters. The molecule has 0 amide bonds. The third kappa shape index (κ3) is 6.40. The number of fused-ring (bicyclic) bond motifs is 6. The molecule has 0 fully saturated rings. The topological polar surface area (TPSA) is 16.4 Å². The van der Waals surface area contributed by atoms with Crippen LogP contribution in [0.3, 0.4) is 0 Å². The third-order valence-corrected chi connectivity index (χ3v) is 13.5. The number of hydrogen-bond acceptors (Lipinski definition) is 2. The maximum absolute atomic E-state index is 6.52. The highest BCUT2D eigenvalue weighted by Crippen LogP contribution is 2.53. The van der Waals surface area contributed by atoms with Gasteiger partial charge in [0.15, 0.2) is 0 Å². The van der Waals surface area contributed by atoms with E-state index in [1.54, 1.807) is 0 Å². The zero-order valence-electron chi connectivity index (χ0n) is 36.4. The Labute approximate surface area is 380 Å². The second-order valence-corrected chi connectivity index (χ2v) is 17.6. The molecule has 0 spiro atoms. The second kappa shape index (κ2) is 15.6. The van der Waals surface area contributed by atoms with E-state index in [1.165, 1.54) is 55.6 Å². The fraction of sp³-hybridized carbons (Fsp3) is 0.0476. The van der Waals surface area contributed by atoms with E-state index in [9.17, 15) is 0 Å². The maximum atomic E-state index is 6.52. The number of benzene rings is 10. The molecule has 2 nitrogen and oxygen atoms in total. The molecule has 0 saturated carbocycles. The molecule has 0 N–H and O–H groups in total. The first-order valence-electron chi connectivity index (χ1n) is 22.5. The van der Waals surface area contributed by atoms with Gasteiger partial charge in [-0.25, -0.2) is 0 Å². The second-order valence-electron chi connectivity index (χ2n) is 17.6. The quantitative estimate of drug-likeness (QED) is 0.152. The van der Waals surface area contributed by atoms with Crippen LogP contribution >= 0.6 is 0 Å². The molecular weight excluding hydrogens is 787 g/mol. The highest BCUT2D eigenvalue weighted by atomic mass is 16.3. The van der Waals surface area contributed by atoms with E-state index in [0.717, 1.165) is 61.3 Å². The molecule has 0 saturated heterocycles. The minimum atomic E-state index is -0.166. The van der Waals surface area contributed by atoms with Crippen molar-refractivity contribution in [2.45, 2.75) is 19.3 Å². The lowest BCUT2D eigenvalue weighted by atomic mass is 9.82. The maximum Gasteiger partial charge on any atom is 0.143 e. The van der Waals surface area contributed by atoms with E-state index in [1.807, 2.05) is 6.07 Å². The van der Waals surface area contributed by atoms with Crippen LogP contribution in [0.4, 0.5) is 17.1 Å². The number of nitrogens with zero attached hydrogens (tertiary/aromatic N) is 1. The van der Waals surface area contributed by atoms with Gasteiger partial charge in [0.05, 0.1) is 5.69 Å². The molecular formula is C63H45NO. The molecule has 1 aliphatic rings. The summed E-state index contributed by atoms with van der Waals surface area (Å²) < 4.78 is 6.52. The third-order valence-electron chi connectivity index (χ3n) is 13.5. The zero-order chi connectivity index (χ0) is 43.5. The first kappa shape index (κ1) is 38.5. The molecule has 2 heteroatoms. The van der Waals surface area contributed by atoms with Gasteiger partial charge in [-0.2, -0.15) is 0 Å². The largest absolute Gasteiger partial charge is 0.455 e. The Bertz CT molecular complexity index is 3560. The van der Waals surface area contributed by atoms with Crippen molar-refractivity contribution in [3.8, 4) is 66.8 Å². The number of rotatable bonds is 8. The summed E-state index contributed by atoms with van der Waals surface area (Å²) in [5, 5.41) is 2.26. The van der Waals surface area contributed by atoms with Gasteiger partial charge in [0.1, 0.15) is 11.2 Å². The van der Waals surface area contributed by atoms with Gasteiger partial charge in [-0.3, -0.25) is 0 Å². The number of anilines is 3. The van der Waals surface area contributed by atoms with E-state index < -0.39 is 0 Å². The van der Waals surface area contributed by atoms with Crippen molar-refractivity contribution in [1.82, 2.24) is 0 Å². The Kier molecular flexibility index (Phi) is 9.21.